The van der Waals surface area contributed by atoms with Crippen LogP contribution in [0.15, 0.2) is 57.4 Å². The van der Waals surface area contributed by atoms with E-state index in [0.29, 0.717) is 11.1 Å². The van der Waals surface area contributed by atoms with E-state index in [1.54, 1.807) is 37.3 Å². The average molecular weight is 373 g/mol. The summed E-state index contributed by atoms with van der Waals surface area (Å²) in [4.78, 5) is 24.2. The molecule has 0 atom stereocenters. The molecule has 0 spiro atoms. The minimum atomic E-state index is -0.496. The maximum absolute atomic E-state index is 12.2. The molecule has 0 aliphatic heterocycles. The third-order valence-corrected chi connectivity index (χ3v) is 3.97. The highest BCUT2D eigenvalue weighted by molar-refractivity contribution is 9.10. The molecule has 0 aliphatic rings. The van der Waals surface area contributed by atoms with Crippen LogP contribution in [0.1, 0.15) is 26.5 Å². The van der Waals surface area contributed by atoms with Gasteiger partial charge in [-0.3, -0.25) is 20.4 Å². The number of benzene rings is 2. The smallest absolute Gasteiger partial charge is 0.305 e. The Morgan fingerprint density at radius 2 is 1.61 bits per heavy atom. The first-order valence-electron chi connectivity index (χ1n) is 6.90. The van der Waals surface area contributed by atoms with Gasteiger partial charge >= 0.3 is 5.91 Å². The van der Waals surface area contributed by atoms with Crippen molar-refractivity contribution in [1.82, 2.24) is 10.9 Å². The summed E-state index contributed by atoms with van der Waals surface area (Å²) >= 11 is 3.30. The predicted octanol–water partition coefficient (Wildman–Crippen LogP) is 3.58. The lowest BCUT2D eigenvalue weighted by Crippen LogP contribution is -2.41. The second-order valence-electron chi connectivity index (χ2n) is 4.97. The Kier molecular flexibility index (Phi) is 4.16. The Labute approximate surface area is 140 Å². The van der Waals surface area contributed by atoms with E-state index in [1.165, 1.54) is 0 Å². The molecule has 0 unspecified atom stereocenters. The molecule has 1 heterocycles. The summed E-state index contributed by atoms with van der Waals surface area (Å²) < 4.78 is 6.42. The van der Waals surface area contributed by atoms with E-state index >= 15 is 0 Å². The minimum absolute atomic E-state index is 0.183. The van der Waals surface area contributed by atoms with Crippen LogP contribution < -0.4 is 10.9 Å². The lowest BCUT2D eigenvalue weighted by atomic mass is 10.1. The highest BCUT2D eigenvalue weighted by atomic mass is 79.9. The molecular formula is C17H13BrN2O3. The maximum Gasteiger partial charge on any atom is 0.305 e. The lowest BCUT2D eigenvalue weighted by Gasteiger charge is -2.06. The van der Waals surface area contributed by atoms with Gasteiger partial charge in [0.2, 0.25) is 0 Å². The second-order valence-corrected chi connectivity index (χ2v) is 5.88. The minimum Gasteiger partial charge on any atom is -0.451 e. The molecule has 0 aliphatic carbocycles. The molecule has 23 heavy (non-hydrogen) atoms. The van der Waals surface area contributed by atoms with Crippen molar-refractivity contribution in [3.05, 3.63) is 69.9 Å². The Morgan fingerprint density at radius 3 is 2.30 bits per heavy atom. The summed E-state index contributed by atoms with van der Waals surface area (Å²) in [6.45, 7) is 1.80. The number of furan rings is 1. The van der Waals surface area contributed by atoms with Gasteiger partial charge in [0.1, 0.15) is 5.58 Å². The molecule has 2 amide bonds. The highest BCUT2D eigenvalue weighted by Gasteiger charge is 2.18. The van der Waals surface area contributed by atoms with Gasteiger partial charge in [-0.15, -0.1) is 0 Å². The van der Waals surface area contributed by atoms with Crippen LogP contribution in [0.2, 0.25) is 0 Å². The van der Waals surface area contributed by atoms with Gasteiger partial charge in [-0.1, -0.05) is 34.1 Å². The fourth-order valence-corrected chi connectivity index (χ4v) is 2.50. The number of hydrazine groups is 1. The van der Waals surface area contributed by atoms with Crippen LogP contribution in [-0.2, 0) is 0 Å². The van der Waals surface area contributed by atoms with Crippen LogP contribution in [0.4, 0.5) is 0 Å². The number of fused-ring (bicyclic) bond motifs is 1. The first-order chi connectivity index (χ1) is 11.1. The molecule has 0 saturated heterocycles. The fraction of sp³-hybridized carbons (Fsp3) is 0.0588. The number of aryl methyl sites for hydroxylation is 1. The second kappa shape index (κ2) is 6.26. The first-order valence-corrected chi connectivity index (χ1v) is 7.70. The van der Waals surface area contributed by atoms with Crippen LogP contribution >= 0.6 is 15.9 Å². The summed E-state index contributed by atoms with van der Waals surface area (Å²) in [5.41, 5.74) is 6.55. The van der Waals surface area contributed by atoms with Gasteiger partial charge in [-0.05, 0) is 37.3 Å². The molecule has 0 radical (unpaired) electrons. The molecule has 0 saturated carbocycles. The van der Waals surface area contributed by atoms with E-state index in [9.17, 15) is 9.59 Å². The van der Waals surface area contributed by atoms with E-state index in [0.717, 1.165) is 15.4 Å². The van der Waals surface area contributed by atoms with Crippen LogP contribution in [0.3, 0.4) is 0 Å². The van der Waals surface area contributed by atoms with Gasteiger partial charge in [0.15, 0.2) is 5.76 Å². The van der Waals surface area contributed by atoms with Gasteiger partial charge in [0.25, 0.3) is 5.91 Å². The molecule has 3 aromatic rings. The van der Waals surface area contributed by atoms with Crippen LogP contribution in [0.5, 0.6) is 0 Å². The number of carbonyl (C=O) groups is 2. The zero-order valence-electron chi connectivity index (χ0n) is 12.2. The summed E-state index contributed by atoms with van der Waals surface area (Å²) in [5, 5.41) is 0.872. The lowest BCUT2D eigenvalue weighted by molar-refractivity contribution is 0.0831. The monoisotopic (exact) mass is 372 g/mol. The number of nitrogens with one attached hydrogen (secondary N) is 2. The fourth-order valence-electron chi connectivity index (χ4n) is 2.23. The van der Waals surface area contributed by atoms with Gasteiger partial charge in [0, 0.05) is 21.0 Å². The SMILES string of the molecule is Cc1c(C(=O)NNC(=O)c2ccc(Br)cc2)oc2ccccc12. The summed E-state index contributed by atoms with van der Waals surface area (Å²) in [7, 11) is 0. The third kappa shape index (κ3) is 3.12. The molecule has 2 N–H and O–H groups in total. The topological polar surface area (TPSA) is 71.3 Å². The van der Waals surface area contributed by atoms with Crippen molar-refractivity contribution >= 4 is 38.7 Å². The summed E-state index contributed by atoms with van der Waals surface area (Å²) in [6.07, 6.45) is 0. The molecular weight excluding hydrogens is 360 g/mol. The van der Waals surface area contributed by atoms with Crippen molar-refractivity contribution in [2.24, 2.45) is 0 Å². The predicted molar refractivity (Wildman–Crippen MR) is 90.0 cm³/mol. The van der Waals surface area contributed by atoms with Gasteiger partial charge < -0.3 is 4.42 Å². The van der Waals surface area contributed by atoms with Crippen LogP contribution in [0, 0.1) is 6.92 Å². The van der Waals surface area contributed by atoms with Crippen molar-refractivity contribution in [3.63, 3.8) is 0 Å². The highest BCUT2D eigenvalue weighted by Crippen LogP contribution is 2.24. The molecule has 6 heteroatoms. The Balaban J connectivity index is 1.72. The number of hydrogen-bond donors (Lipinski definition) is 2. The first kappa shape index (κ1) is 15.3. The Hall–Kier alpha value is -2.60. The zero-order valence-corrected chi connectivity index (χ0v) is 13.8. The quantitative estimate of drug-likeness (QED) is 0.675. The molecule has 2 aromatic carbocycles. The molecule has 116 valence electrons. The maximum atomic E-state index is 12.2. The summed E-state index contributed by atoms with van der Waals surface area (Å²) in [6, 6.07) is 14.2. The molecule has 5 nitrogen and oxygen atoms in total. The van der Waals surface area contributed by atoms with E-state index in [-0.39, 0.29) is 5.76 Å². The Morgan fingerprint density at radius 1 is 0.957 bits per heavy atom. The van der Waals surface area contributed by atoms with Crippen molar-refractivity contribution in [2.45, 2.75) is 6.92 Å². The van der Waals surface area contributed by atoms with Gasteiger partial charge in [-0.25, -0.2) is 0 Å². The van der Waals surface area contributed by atoms with E-state index in [2.05, 4.69) is 26.8 Å². The average Bonchev–Trinajstić information content (AvgIpc) is 2.90. The number of carbonyl (C=O) groups excluding carboxylic acids is 2. The Bertz CT molecular complexity index is 884. The largest absolute Gasteiger partial charge is 0.451 e. The van der Waals surface area contributed by atoms with Crippen molar-refractivity contribution in [2.75, 3.05) is 0 Å². The van der Waals surface area contributed by atoms with Crippen molar-refractivity contribution < 1.29 is 14.0 Å². The van der Waals surface area contributed by atoms with E-state index in [1.807, 2.05) is 18.2 Å². The van der Waals surface area contributed by atoms with Crippen molar-refractivity contribution in [3.8, 4) is 0 Å². The standard InChI is InChI=1S/C17H13BrN2O3/c1-10-13-4-2-3-5-14(13)23-15(10)17(22)20-19-16(21)11-6-8-12(18)9-7-11/h2-9H,1H3,(H,19,21)(H,20,22). The number of para-hydroxylation sites is 1. The number of hydrogen-bond acceptors (Lipinski definition) is 3. The molecule has 1 aromatic heterocycles. The van der Waals surface area contributed by atoms with Crippen LogP contribution in [0.25, 0.3) is 11.0 Å². The number of rotatable bonds is 2. The molecule has 3 rings (SSSR count). The number of amides is 2. The van der Waals surface area contributed by atoms with Gasteiger partial charge in [0.05, 0.1) is 0 Å². The van der Waals surface area contributed by atoms with Gasteiger partial charge in [-0.2, -0.15) is 0 Å². The van der Waals surface area contributed by atoms with Crippen LogP contribution in [-0.4, -0.2) is 11.8 Å². The van der Waals surface area contributed by atoms with E-state index < -0.39 is 11.8 Å². The molecule has 0 bridgehead atoms. The third-order valence-electron chi connectivity index (χ3n) is 3.45. The summed E-state index contributed by atoms with van der Waals surface area (Å²) in [5.74, 6) is -0.717. The molecule has 0 fully saturated rings. The normalized spacial score (nSPS) is 10.5. The number of halogens is 1. The van der Waals surface area contributed by atoms with Crippen molar-refractivity contribution in [1.29, 1.82) is 0 Å². The zero-order chi connectivity index (χ0) is 16.4. The van der Waals surface area contributed by atoms with E-state index in [4.69, 9.17) is 4.42 Å².